The Hall–Kier alpha value is -1.98. The van der Waals surface area contributed by atoms with E-state index in [0.29, 0.717) is 37.0 Å². The van der Waals surface area contributed by atoms with E-state index in [1.54, 1.807) is 30.0 Å². The van der Waals surface area contributed by atoms with Gasteiger partial charge in [0.25, 0.3) is 0 Å². The molecule has 0 aliphatic carbocycles. The van der Waals surface area contributed by atoms with Crippen LogP contribution in [0.3, 0.4) is 0 Å². The second-order valence-corrected chi connectivity index (χ2v) is 11.4. The van der Waals surface area contributed by atoms with Gasteiger partial charge in [-0.3, -0.25) is 0 Å². The van der Waals surface area contributed by atoms with Gasteiger partial charge in [0.2, 0.25) is 15.2 Å². The summed E-state index contributed by atoms with van der Waals surface area (Å²) in [5.41, 5.74) is 4.38. The molecule has 0 spiro atoms. The number of nitrogens with zero attached hydrogens (tertiary/aromatic N) is 3. The van der Waals surface area contributed by atoms with Crippen molar-refractivity contribution in [3.8, 4) is 0 Å². The zero-order chi connectivity index (χ0) is 21.8. The smallest absolute Gasteiger partial charge is 0.243 e. The number of sulfonamides is 1. The first kappa shape index (κ1) is 22.2. The molecule has 1 saturated heterocycles. The topological polar surface area (TPSA) is 84.4 Å². The number of hydrogen-bond donors (Lipinski definition) is 1. The van der Waals surface area contributed by atoms with Crippen molar-refractivity contribution in [3.63, 3.8) is 0 Å². The van der Waals surface area contributed by atoms with Crippen LogP contribution in [0.4, 0.5) is 10.8 Å². The van der Waals surface area contributed by atoms with Gasteiger partial charge in [0.1, 0.15) is 0 Å². The third-order valence-corrected chi connectivity index (χ3v) is 8.97. The molecule has 0 saturated carbocycles. The molecule has 7 nitrogen and oxygen atoms in total. The fraction of sp³-hybridized carbons (Fsp3) is 0.333. The lowest BCUT2D eigenvalue weighted by molar-refractivity contribution is 0.0730. The molecule has 0 amide bonds. The molecule has 2 aromatic carbocycles. The summed E-state index contributed by atoms with van der Waals surface area (Å²) in [6.07, 6.45) is 0. The third kappa shape index (κ3) is 5.45. The highest BCUT2D eigenvalue weighted by Gasteiger charge is 2.26. The minimum atomic E-state index is -3.50. The molecular weight excluding hydrogens is 452 g/mol. The Morgan fingerprint density at radius 2 is 1.90 bits per heavy atom. The Labute approximate surface area is 190 Å². The average molecular weight is 477 g/mol. The number of benzene rings is 2. The molecule has 0 atom stereocenters. The van der Waals surface area contributed by atoms with Gasteiger partial charge >= 0.3 is 0 Å². The van der Waals surface area contributed by atoms with Crippen LogP contribution in [-0.2, 0) is 20.5 Å². The van der Waals surface area contributed by atoms with Gasteiger partial charge in [0, 0.05) is 24.5 Å². The van der Waals surface area contributed by atoms with E-state index in [2.05, 4.69) is 41.5 Å². The van der Waals surface area contributed by atoms with Gasteiger partial charge in [-0.15, -0.1) is 10.2 Å². The molecule has 4 rings (SSSR count). The molecule has 1 aliphatic heterocycles. The van der Waals surface area contributed by atoms with Crippen molar-refractivity contribution in [3.05, 3.63) is 59.2 Å². The number of aryl methyl sites for hydroxylation is 2. The first-order chi connectivity index (χ1) is 14.9. The summed E-state index contributed by atoms with van der Waals surface area (Å²) in [4.78, 5) is 0.321. The second kappa shape index (κ2) is 9.66. The molecule has 0 bridgehead atoms. The van der Waals surface area contributed by atoms with Crippen molar-refractivity contribution in [2.75, 3.05) is 31.6 Å². The summed E-state index contributed by atoms with van der Waals surface area (Å²) >= 11 is 3.02. The molecule has 1 N–H and O–H groups in total. The van der Waals surface area contributed by atoms with Gasteiger partial charge in [-0.25, -0.2) is 8.42 Å². The second-order valence-electron chi connectivity index (χ2n) is 7.25. The van der Waals surface area contributed by atoms with Crippen molar-refractivity contribution >= 4 is 43.9 Å². The van der Waals surface area contributed by atoms with Crippen LogP contribution in [0.25, 0.3) is 0 Å². The highest BCUT2D eigenvalue weighted by atomic mass is 32.2. The van der Waals surface area contributed by atoms with Gasteiger partial charge in [-0.2, -0.15) is 4.31 Å². The quantitative estimate of drug-likeness (QED) is 0.511. The van der Waals surface area contributed by atoms with E-state index in [4.69, 9.17) is 4.74 Å². The molecule has 164 valence electrons. The summed E-state index contributed by atoms with van der Waals surface area (Å²) in [6, 6.07) is 13.3. The standard InChI is InChI=1S/C21H24N4O3S3/c1-15-6-7-18(12-16(15)2)22-20-23-24-21(30-20)29-14-17-4-3-5-19(13-17)31(26,27)25-8-10-28-11-9-25/h3-7,12-13H,8-11,14H2,1-2H3,(H,22,23). The number of anilines is 2. The molecule has 1 aromatic heterocycles. The SMILES string of the molecule is Cc1ccc(Nc2nnc(SCc3cccc(S(=O)(=O)N4CCOCC4)c3)s2)cc1C. The molecule has 1 fully saturated rings. The highest BCUT2D eigenvalue weighted by molar-refractivity contribution is 8.00. The van der Waals surface area contributed by atoms with Gasteiger partial charge in [0.05, 0.1) is 18.1 Å². The summed E-state index contributed by atoms with van der Waals surface area (Å²) < 4.78 is 33.3. The number of ether oxygens (including phenoxy) is 1. The van der Waals surface area contributed by atoms with Gasteiger partial charge in [0.15, 0.2) is 4.34 Å². The molecule has 31 heavy (non-hydrogen) atoms. The fourth-order valence-corrected chi connectivity index (χ4v) is 6.33. The van der Waals surface area contributed by atoms with Crippen molar-refractivity contribution in [1.82, 2.24) is 14.5 Å². The highest BCUT2D eigenvalue weighted by Crippen LogP contribution is 2.31. The van der Waals surface area contributed by atoms with Crippen molar-refractivity contribution in [2.45, 2.75) is 28.8 Å². The van der Waals surface area contributed by atoms with Crippen molar-refractivity contribution in [2.24, 2.45) is 0 Å². The zero-order valence-electron chi connectivity index (χ0n) is 17.4. The number of aromatic nitrogens is 2. The zero-order valence-corrected chi connectivity index (χ0v) is 19.8. The van der Waals surface area contributed by atoms with Crippen LogP contribution >= 0.6 is 23.1 Å². The Kier molecular flexibility index (Phi) is 6.92. The number of thioether (sulfide) groups is 1. The van der Waals surface area contributed by atoms with Gasteiger partial charge in [-0.1, -0.05) is 41.3 Å². The molecule has 0 radical (unpaired) electrons. The maximum Gasteiger partial charge on any atom is 0.243 e. The lowest BCUT2D eigenvalue weighted by atomic mass is 10.1. The maximum atomic E-state index is 12.9. The maximum absolute atomic E-state index is 12.9. The van der Waals surface area contributed by atoms with E-state index in [1.807, 2.05) is 12.1 Å². The van der Waals surface area contributed by atoms with Crippen molar-refractivity contribution in [1.29, 1.82) is 0 Å². The lowest BCUT2D eigenvalue weighted by Crippen LogP contribution is -2.40. The van der Waals surface area contributed by atoms with Crippen LogP contribution in [0.1, 0.15) is 16.7 Å². The Morgan fingerprint density at radius 1 is 1.10 bits per heavy atom. The molecule has 2 heterocycles. The average Bonchev–Trinajstić information content (AvgIpc) is 3.23. The van der Waals surface area contributed by atoms with Crippen molar-refractivity contribution < 1.29 is 13.2 Å². The molecule has 0 unspecified atom stereocenters. The van der Waals surface area contributed by atoms with Crippen LogP contribution in [0.2, 0.25) is 0 Å². The van der Waals surface area contributed by atoms with E-state index in [-0.39, 0.29) is 0 Å². The molecule has 1 aliphatic rings. The van der Waals surface area contributed by atoms with Crippen LogP contribution in [0.15, 0.2) is 51.7 Å². The third-order valence-electron chi connectivity index (χ3n) is 5.03. The van der Waals surface area contributed by atoms with E-state index in [1.165, 1.54) is 26.8 Å². The first-order valence-electron chi connectivity index (χ1n) is 9.89. The summed E-state index contributed by atoms with van der Waals surface area (Å²) in [7, 11) is -3.50. The Bertz CT molecular complexity index is 1160. The normalized spacial score (nSPS) is 15.2. The molecule has 10 heteroatoms. The first-order valence-corrected chi connectivity index (χ1v) is 13.1. The molecule has 3 aromatic rings. The predicted octanol–water partition coefficient (Wildman–Crippen LogP) is 4.21. The number of rotatable bonds is 7. The van der Waals surface area contributed by atoms with Crippen LogP contribution in [0, 0.1) is 13.8 Å². The largest absolute Gasteiger partial charge is 0.379 e. The number of hydrogen-bond acceptors (Lipinski definition) is 8. The van der Waals surface area contributed by atoms with E-state index >= 15 is 0 Å². The number of nitrogens with one attached hydrogen (secondary N) is 1. The van der Waals surface area contributed by atoms with Gasteiger partial charge in [-0.05, 0) is 54.8 Å². The van der Waals surface area contributed by atoms with E-state index in [9.17, 15) is 8.42 Å². The summed E-state index contributed by atoms with van der Waals surface area (Å²) in [5, 5.41) is 12.5. The Balaban J connectivity index is 1.39. The Morgan fingerprint density at radius 3 is 2.68 bits per heavy atom. The monoisotopic (exact) mass is 476 g/mol. The lowest BCUT2D eigenvalue weighted by Gasteiger charge is -2.26. The minimum Gasteiger partial charge on any atom is -0.379 e. The fourth-order valence-electron chi connectivity index (χ4n) is 3.14. The summed E-state index contributed by atoms with van der Waals surface area (Å²) in [5.74, 6) is 0.616. The number of morpholine rings is 1. The minimum absolute atomic E-state index is 0.321. The molecular formula is C21H24N4O3S3. The predicted molar refractivity (Wildman–Crippen MR) is 125 cm³/mol. The summed E-state index contributed by atoms with van der Waals surface area (Å²) in [6.45, 7) is 5.81. The van der Waals surface area contributed by atoms with Crippen LogP contribution < -0.4 is 5.32 Å². The van der Waals surface area contributed by atoms with E-state index in [0.717, 1.165) is 20.7 Å². The van der Waals surface area contributed by atoms with Crippen LogP contribution in [-0.4, -0.2) is 49.2 Å². The van der Waals surface area contributed by atoms with E-state index < -0.39 is 10.0 Å². The van der Waals surface area contributed by atoms with Crippen LogP contribution in [0.5, 0.6) is 0 Å². The van der Waals surface area contributed by atoms with Gasteiger partial charge < -0.3 is 10.1 Å².